The monoisotopic (exact) mass is 333 g/mol. The summed E-state index contributed by atoms with van der Waals surface area (Å²) in [5.41, 5.74) is 1.66. The van der Waals surface area contributed by atoms with Gasteiger partial charge in [-0.1, -0.05) is 26.0 Å². The number of benzene rings is 2. The molecule has 0 aliphatic heterocycles. The van der Waals surface area contributed by atoms with Gasteiger partial charge in [-0.15, -0.1) is 0 Å². The fourth-order valence-corrected chi connectivity index (χ4v) is 3.27. The molecule has 0 aliphatic carbocycles. The molecule has 0 saturated carbocycles. The van der Waals surface area contributed by atoms with Crippen molar-refractivity contribution in [2.45, 2.75) is 38.0 Å². The van der Waals surface area contributed by atoms with Crippen molar-refractivity contribution in [1.82, 2.24) is 0 Å². The van der Waals surface area contributed by atoms with Crippen LogP contribution in [0.25, 0.3) is 0 Å². The molecule has 0 saturated heterocycles. The molecule has 0 bridgehead atoms. The molecule has 2 rings (SSSR count). The molecular weight excluding hydrogens is 310 g/mol. The van der Waals surface area contributed by atoms with Crippen molar-refractivity contribution in [2.24, 2.45) is 0 Å². The van der Waals surface area contributed by atoms with E-state index in [1.807, 2.05) is 19.1 Å². The molecule has 23 heavy (non-hydrogen) atoms. The maximum absolute atomic E-state index is 12.4. The van der Waals surface area contributed by atoms with Crippen LogP contribution in [0, 0.1) is 0 Å². The van der Waals surface area contributed by atoms with Crippen LogP contribution >= 0.6 is 0 Å². The van der Waals surface area contributed by atoms with Gasteiger partial charge in [0.15, 0.2) is 0 Å². The van der Waals surface area contributed by atoms with Crippen molar-refractivity contribution in [3.63, 3.8) is 0 Å². The van der Waals surface area contributed by atoms with Gasteiger partial charge < -0.3 is 4.74 Å². The van der Waals surface area contributed by atoms with E-state index >= 15 is 0 Å². The average Bonchev–Trinajstić information content (AvgIpc) is 2.56. The number of ether oxygens (including phenoxy) is 1. The maximum Gasteiger partial charge on any atom is 0.261 e. The lowest BCUT2D eigenvalue weighted by atomic mass is 9.99. The van der Waals surface area contributed by atoms with Crippen LogP contribution in [0.15, 0.2) is 53.4 Å². The highest BCUT2D eigenvalue weighted by molar-refractivity contribution is 7.92. The summed E-state index contributed by atoms with van der Waals surface area (Å²) in [7, 11) is -3.58. The van der Waals surface area contributed by atoms with E-state index in [2.05, 4.69) is 18.6 Å². The first-order valence-corrected chi connectivity index (χ1v) is 9.30. The van der Waals surface area contributed by atoms with Crippen LogP contribution in [0.3, 0.4) is 0 Å². The Labute approximate surface area is 138 Å². The number of rotatable bonds is 7. The minimum atomic E-state index is -3.58. The maximum atomic E-state index is 12.4. The van der Waals surface area contributed by atoms with Gasteiger partial charge in [0, 0.05) is 5.69 Å². The normalized spacial score (nSPS) is 12.7. The third-order valence-corrected chi connectivity index (χ3v) is 5.19. The van der Waals surface area contributed by atoms with Crippen molar-refractivity contribution in [3.8, 4) is 5.75 Å². The molecule has 0 fully saturated rings. The fourth-order valence-electron chi connectivity index (χ4n) is 2.21. The topological polar surface area (TPSA) is 55.4 Å². The first kappa shape index (κ1) is 17.3. The summed E-state index contributed by atoms with van der Waals surface area (Å²) in [5, 5.41) is 0. The zero-order chi connectivity index (χ0) is 16.9. The Morgan fingerprint density at radius 1 is 1.00 bits per heavy atom. The van der Waals surface area contributed by atoms with E-state index in [1.165, 1.54) is 0 Å². The minimum Gasteiger partial charge on any atom is -0.494 e. The molecule has 1 atom stereocenters. The Morgan fingerprint density at radius 2 is 1.61 bits per heavy atom. The van der Waals surface area contributed by atoms with Gasteiger partial charge in [0.2, 0.25) is 0 Å². The number of anilines is 1. The van der Waals surface area contributed by atoms with Gasteiger partial charge in [0.1, 0.15) is 5.75 Å². The molecule has 0 amide bonds. The van der Waals surface area contributed by atoms with Crippen LogP contribution < -0.4 is 9.46 Å². The molecule has 0 aliphatic rings. The summed E-state index contributed by atoms with van der Waals surface area (Å²) >= 11 is 0. The van der Waals surface area contributed by atoms with Crippen LogP contribution in [-0.2, 0) is 10.0 Å². The second-order valence-corrected chi connectivity index (χ2v) is 7.12. The van der Waals surface area contributed by atoms with Crippen LogP contribution in [-0.4, -0.2) is 15.0 Å². The third-order valence-electron chi connectivity index (χ3n) is 3.79. The van der Waals surface area contributed by atoms with Gasteiger partial charge in [0.05, 0.1) is 11.5 Å². The number of sulfonamides is 1. The first-order chi connectivity index (χ1) is 11.0. The van der Waals surface area contributed by atoms with E-state index in [0.717, 1.165) is 12.0 Å². The van der Waals surface area contributed by atoms with Crippen molar-refractivity contribution in [1.29, 1.82) is 0 Å². The summed E-state index contributed by atoms with van der Waals surface area (Å²) in [4.78, 5) is 0.262. The van der Waals surface area contributed by atoms with Gasteiger partial charge in [-0.05, 0) is 61.2 Å². The third kappa shape index (κ3) is 4.48. The smallest absolute Gasteiger partial charge is 0.261 e. The molecule has 4 nitrogen and oxygen atoms in total. The lowest BCUT2D eigenvalue weighted by Crippen LogP contribution is -2.13. The highest BCUT2D eigenvalue weighted by Gasteiger charge is 2.14. The van der Waals surface area contributed by atoms with Crippen LogP contribution in [0.1, 0.15) is 38.7 Å². The Bertz CT molecular complexity index is 722. The van der Waals surface area contributed by atoms with E-state index in [1.54, 1.807) is 36.4 Å². The molecule has 0 heterocycles. The van der Waals surface area contributed by atoms with Crippen molar-refractivity contribution >= 4 is 15.7 Å². The molecule has 1 N–H and O–H groups in total. The SMILES string of the molecule is CCOc1ccc(NS(=O)(=O)c2ccc([C@@H](C)CC)cc2)cc1. The molecule has 2 aromatic rings. The van der Waals surface area contributed by atoms with Crippen LogP contribution in [0.2, 0.25) is 0 Å². The minimum absolute atomic E-state index is 0.262. The molecule has 0 aromatic heterocycles. The Balaban J connectivity index is 2.14. The molecular formula is C18H23NO3S. The van der Waals surface area contributed by atoms with Crippen LogP contribution in [0.5, 0.6) is 5.75 Å². The Kier molecular flexibility index (Phi) is 5.66. The van der Waals surface area contributed by atoms with E-state index < -0.39 is 10.0 Å². The van der Waals surface area contributed by atoms with Gasteiger partial charge in [0.25, 0.3) is 10.0 Å². The summed E-state index contributed by atoms with van der Waals surface area (Å²) < 4.78 is 32.8. The molecule has 0 unspecified atom stereocenters. The highest BCUT2D eigenvalue weighted by atomic mass is 32.2. The second kappa shape index (κ2) is 7.51. The fraction of sp³-hybridized carbons (Fsp3) is 0.333. The summed E-state index contributed by atoms with van der Waals surface area (Å²) in [5.74, 6) is 1.14. The predicted octanol–water partition coefficient (Wildman–Crippen LogP) is 4.40. The first-order valence-electron chi connectivity index (χ1n) is 7.82. The van der Waals surface area contributed by atoms with Crippen LogP contribution in [0.4, 0.5) is 5.69 Å². The van der Waals surface area contributed by atoms with E-state index in [4.69, 9.17) is 4.74 Å². The van der Waals surface area contributed by atoms with Crippen molar-refractivity contribution in [2.75, 3.05) is 11.3 Å². The number of hydrogen-bond acceptors (Lipinski definition) is 3. The van der Waals surface area contributed by atoms with Gasteiger partial charge in [-0.3, -0.25) is 4.72 Å². The lowest BCUT2D eigenvalue weighted by molar-refractivity contribution is 0.340. The second-order valence-electron chi connectivity index (χ2n) is 5.44. The quantitative estimate of drug-likeness (QED) is 0.817. The lowest BCUT2D eigenvalue weighted by Gasteiger charge is -2.12. The largest absolute Gasteiger partial charge is 0.494 e. The Morgan fingerprint density at radius 3 is 2.13 bits per heavy atom. The van der Waals surface area contributed by atoms with Crippen molar-refractivity contribution < 1.29 is 13.2 Å². The zero-order valence-corrected chi connectivity index (χ0v) is 14.6. The van der Waals surface area contributed by atoms with E-state index in [-0.39, 0.29) is 4.90 Å². The summed E-state index contributed by atoms with van der Waals surface area (Å²) in [6.45, 7) is 6.72. The number of nitrogens with one attached hydrogen (secondary N) is 1. The highest BCUT2D eigenvalue weighted by Crippen LogP contribution is 2.23. The summed E-state index contributed by atoms with van der Waals surface area (Å²) in [6, 6.07) is 13.9. The average molecular weight is 333 g/mol. The molecule has 2 aromatic carbocycles. The molecule has 124 valence electrons. The van der Waals surface area contributed by atoms with Gasteiger partial charge in [-0.2, -0.15) is 0 Å². The molecule has 0 radical (unpaired) electrons. The van der Waals surface area contributed by atoms with Gasteiger partial charge >= 0.3 is 0 Å². The molecule has 5 heteroatoms. The summed E-state index contributed by atoms with van der Waals surface area (Å²) in [6.07, 6.45) is 1.02. The zero-order valence-electron chi connectivity index (χ0n) is 13.7. The van der Waals surface area contributed by atoms with E-state index in [9.17, 15) is 8.42 Å². The Hall–Kier alpha value is -2.01. The number of hydrogen-bond donors (Lipinski definition) is 1. The predicted molar refractivity (Wildman–Crippen MR) is 93.6 cm³/mol. The standard InChI is InChI=1S/C18H23NO3S/c1-4-14(3)15-6-12-18(13-7-15)23(20,21)19-16-8-10-17(11-9-16)22-5-2/h6-14,19H,4-5H2,1-3H3/t14-/m0/s1. The van der Waals surface area contributed by atoms with E-state index in [0.29, 0.717) is 24.0 Å². The molecule has 0 spiro atoms. The van der Waals surface area contributed by atoms with Crippen molar-refractivity contribution in [3.05, 3.63) is 54.1 Å². The van der Waals surface area contributed by atoms with Gasteiger partial charge in [-0.25, -0.2) is 8.42 Å².